The predicted molar refractivity (Wildman–Crippen MR) is 51.9 cm³/mol. The molecule has 2 nitrogen and oxygen atoms in total. The minimum atomic E-state index is -4.63. The molecule has 6 heteroatoms. The lowest BCUT2D eigenvalue weighted by Gasteiger charge is -2.17. The largest absolute Gasteiger partial charge is 0.481 e. The summed E-state index contributed by atoms with van der Waals surface area (Å²) in [5.41, 5.74) is 0. The van der Waals surface area contributed by atoms with Gasteiger partial charge in [-0.15, -0.1) is 0 Å². The van der Waals surface area contributed by atoms with E-state index in [1.807, 2.05) is 0 Å². The van der Waals surface area contributed by atoms with E-state index < -0.39 is 18.1 Å². The molecule has 0 saturated heterocycles. The third-order valence-corrected chi connectivity index (χ3v) is 3.96. The highest BCUT2D eigenvalue weighted by Crippen LogP contribution is 2.35. The molecule has 1 N–H and O–H groups in total. The summed E-state index contributed by atoms with van der Waals surface area (Å²) in [6.45, 7) is 0. The summed E-state index contributed by atoms with van der Waals surface area (Å²) < 4.78 is 36.8. The van der Waals surface area contributed by atoms with Crippen LogP contribution in [0, 0.1) is 5.92 Å². The minimum Gasteiger partial charge on any atom is -0.481 e. The van der Waals surface area contributed by atoms with Crippen molar-refractivity contribution in [1.29, 1.82) is 0 Å². The number of aliphatic carboxylic acids is 1. The normalized spacial score (nSPS) is 20.5. The molecule has 0 aromatic rings. The highest BCUT2D eigenvalue weighted by atomic mass is 32.2. The number of carbonyl (C=O) groups is 1. The zero-order valence-electron chi connectivity index (χ0n) is 8.09. The number of thioether (sulfide) groups is 1. The van der Waals surface area contributed by atoms with Gasteiger partial charge in [-0.25, -0.2) is 0 Å². The summed E-state index contributed by atoms with van der Waals surface area (Å²) in [7, 11) is 0. The summed E-state index contributed by atoms with van der Waals surface area (Å²) in [6.07, 6.45) is -0.718. The Labute approximate surface area is 90.2 Å². The molecule has 0 radical (unpaired) electrons. The van der Waals surface area contributed by atoms with Crippen LogP contribution < -0.4 is 0 Å². The number of rotatable bonds is 4. The van der Waals surface area contributed by atoms with Gasteiger partial charge in [-0.2, -0.15) is 24.9 Å². The highest BCUT2D eigenvalue weighted by molar-refractivity contribution is 7.99. The highest BCUT2D eigenvalue weighted by Gasteiger charge is 2.45. The Morgan fingerprint density at radius 3 is 2.33 bits per heavy atom. The molecule has 88 valence electrons. The fourth-order valence-corrected chi connectivity index (χ4v) is 3.06. The second kappa shape index (κ2) is 5.09. The zero-order valence-corrected chi connectivity index (χ0v) is 8.90. The van der Waals surface area contributed by atoms with Crippen molar-refractivity contribution < 1.29 is 23.1 Å². The van der Waals surface area contributed by atoms with Gasteiger partial charge in [0.05, 0.1) is 0 Å². The topological polar surface area (TPSA) is 37.3 Å². The summed E-state index contributed by atoms with van der Waals surface area (Å²) in [5.74, 6) is -4.35. The van der Waals surface area contributed by atoms with Crippen LogP contribution in [0.25, 0.3) is 0 Å². The van der Waals surface area contributed by atoms with Crippen molar-refractivity contribution in [2.75, 3.05) is 5.75 Å². The molecule has 1 unspecified atom stereocenters. The molecule has 1 rings (SSSR count). The fourth-order valence-electron chi connectivity index (χ4n) is 1.59. The minimum absolute atomic E-state index is 0.217. The molecule has 0 aliphatic heterocycles. The lowest BCUT2D eigenvalue weighted by Crippen LogP contribution is -2.33. The van der Waals surface area contributed by atoms with Crippen molar-refractivity contribution in [3.05, 3.63) is 0 Å². The van der Waals surface area contributed by atoms with Crippen molar-refractivity contribution >= 4 is 17.7 Å². The van der Waals surface area contributed by atoms with Gasteiger partial charge in [0.1, 0.15) is 0 Å². The maximum absolute atomic E-state index is 12.3. The Hall–Kier alpha value is -0.390. The van der Waals surface area contributed by atoms with Crippen LogP contribution in [0.1, 0.15) is 25.7 Å². The summed E-state index contributed by atoms with van der Waals surface area (Å²) in [5, 5.41) is 8.67. The number of alkyl halides is 3. The number of carboxylic acids is 1. The van der Waals surface area contributed by atoms with Crippen LogP contribution in [0.5, 0.6) is 0 Å². The van der Waals surface area contributed by atoms with Gasteiger partial charge in [-0.05, 0) is 12.8 Å². The molecule has 0 spiro atoms. The van der Waals surface area contributed by atoms with Crippen LogP contribution in [-0.2, 0) is 4.79 Å². The Bertz CT molecular complexity index is 224. The van der Waals surface area contributed by atoms with E-state index in [0.717, 1.165) is 37.4 Å². The number of carboxylic acid groups (broad SMARTS) is 1. The molecule has 0 amide bonds. The van der Waals surface area contributed by atoms with E-state index in [4.69, 9.17) is 5.11 Å². The van der Waals surface area contributed by atoms with Gasteiger partial charge in [0, 0.05) is 11.0 Å². The third-order valence-electron chi connectivity index (χ3n) is 2.49. The Morgan fingerprint density at radius 2 is 1.93 bits per heavy atom. The van der Waals surface area contributed by atoms with E-state index in [9.17, 15) is 18.0 Å². The van der Waals surface area contributed by atoms with Crippen molar-refractivity contribution in [3.8, 4) is 0 Å². The first-order valence-corrected chi connectivity index (χ1v) is 5.87. The maximum Gasteiger partial charge on any atom is 0.403 e. The molecule has 1 atom stereocenters. The average Bonchev–Trinajstić information content (AvgIpc) is 2.53. The first-order chi connectivity index (χ1) is 6.91. The Balaban J connectivity index is 2.41. The van der Waals surface area contributed by atoms with Gasteiger partial charge in [0.25, 0.3) is 0 Å². The van der Waals surface area contributed by atoms with Gasteiger partial charge in [-0.3, -0.25) is 4.79 Å². The number of hydrogen-bond donors (Lipinski definition) is 1. The summed E-state index contributed by atoms with van der Waals surface area (Å²) >= 11 is 1.15. The van der Waals surface area contributed by atoms with Gasteiger partial charge in [-0.1, -0.05) is 12.8 Å². The predicted octanol–water partition coefficient (Wildman–Crippen LogP) is 2.93. The van der Waals surface area contributed by atoms with Gasteiger partial charge < -0.3 is 5.11 Å². The molecular formula is C9H13F3O2S. The third kappa shape index (κ3) is 3.93. The molecule has 0 heterocycles. The van der Waals surface area contributed by atoms with Crippen LogP contribution in [0.4, 0.5) is 13.2 Å². The molecular weight excluding hydrogens is 229 g/mol. The monoisotopic (exact) mass is 242 g/mol. The van der Waals surface area contributed by atoms with Crippen molar-refractivity contribution in [2.24, 2.45) is 5.92 Å². The van der Waals surface area contributed by atoms with Crippen LogP contribution >= 0.6 is 11.8 Å². The molecule has 1 aliphatic carbocycles. The number of hydrogen-bond acceptors (Lipinski definition) is 2. The van der Waals surface area contributed by atoms with E-state index >= 15 is 0 Å². The SMILES string of the molecule is O=C(O)C(CSC1CCCC1)C(F)(F)F. The molecule has 0 aromatic heterocycles. The van der Waals surface area contributed by atoms with E-state index in [0.29, 0.717) is 0 Å². The van der Waals surface area contributed by atoms with Crippen LogP contribution in [-0.4, -0.2) is 28.3 Å². The summed E-state index contributed by atoms with van der Waals surface area (Å²) in [4.78, 5) is 10.4. The van der Waals surface area contributed by atoms with Crippen molar-refractivity contribution in [1.82, 2.24) is 0 Å². The van der Waals surface area contributed by atoms with Crippen LogP contribution in [0.15, 0.2) is 0 Å². The lowest BCUT2D eigenvalue weighted by molar-refractivity contribution is -0.188. The van der Waals surface area contributed by atoms with Crippen LogP contribution in [0.2, 0.25) is 0 Å². The molecule has 1 fully saturated rings. The number of halogens is 3. The van der Waals surface area contributed by atoms with E-state index in [2.05, 4.69) is 0 Å². The van der Waals surface area contributed by atoms with E-state index in [1.165, 1.54) is 0 Å². The molecule has 1 saturated carbocycles. The quantitative estimate of drug-likeness (QED) is 0.823. The lowest BCUT2D eigenvalue weighted by atomic mass is 10.2. The maximum atomic E-state index is 12.3. The fraction of sp³-hybridized carbons (Fsp3) is 0.889. The first-order valence-electron chi connectivity index (χ1n) is 4.82. The standard InChI is InChI=1S/C9H13F3O2S/c10-9(11,12)7(8(13)14)5-15-6-3-1-2-4-6/h6-7H,1-5H2,(H,13,14). The summed E-state index contributed by atoms with van der Waals surface area (Å²) in [6, 6.07) is 0. The van der Waals surface area contributed by atoms with E-state index in [1.54, 1.807) is 0 Å². The van der Waals surface area contributed by atoms with Crippen molar-refractivity contribution in [3.63, 3.8) is 0 Å². The van der Waals surface area contributed by atoms with Gasteiger partial charge in [0.15, 0.2) is 5.92 Å². The Morgan fingerprint density at radius 1 is 1.40 bits per heavy atom. The average molecular weight is 242 g/mol. The molecule has 1 aliphatic rings. The second-order valence-electron chi connectivity index (χ2n) is 3.67. The Kier molecular flexibility index (Phi) is 4.31. The molecule has 15 heavy (non-hydrogen) atoms. The van der Waals surface area contributed by atoms with Gasteiger partial charge >= 0.3 is 12.1 Å². The molecule has 0 aromatic carbocycles. The van der Waals surface area contributed by atoms with Crippen molar-refractivity contribution in [2.45, 2.75) is 37.1 Å². The van der Waals surface area contributed by atoms with E-state index in [-0.39, 0.29) is 11.0 Å². The van der Waals surface area contributed by atoms with Crippen LogP contribution in [0.3, 0.4) is 0 Å². The smallest absolute Gasteiger partial charge is 0.403 e. The van der Waals surface area contributed by atoms with Gasteiger partial charge in [0.2, 0.25) is 0 Å². The zero-order chi connectivity index (χ0) is 11.5. The second-order valence-corrected chi connectivity index (χ2v) is 5.01. The molecule has 0 bridgehead atoms. The first kappa shape index (κ1) is 12.7.